The van der Waals surface area contributed by atoms with Crippen LogP contribution in [0.4, 0.5) is 0 Å². The summed E-state index contributed by atoms with van der Waals surface area (Å²) in [6.45, 7) is 6.28. The van der Waals surface area contributed by atoms with Gasteiger partial charge in [-0.25, -0.2) is 0 Å². The normalized spacial score (nSPS) is 27.4. The molecule has 2 unspecified atom stereocenters. The van der Waals surface area contributed by atoms with E-state index in [-0.39, 0.29) is 0 Å². The summed E-state index contributed by atoms with van der Waals surface area (Å²) in [7, 11) is -0.609. The van der Waals surface area contributed by atoms with Crippen LogP contribution in [0.3, 0.4) is 0 Å². The van der Waals surface area contributed by atoms with Crippen molar-refractivity contribution in [2.75, 3.05) is 18.8 Å². The molecule has 1 aliphatic rings. The zero-order valence-electron chi connectivity index (χ0n) is 8.01. The highest BCUT2D eigenvalue weighted by Crippen LogP contribution is 2.12. The molecule has 0 spiro atoms. The van der Waals surface area contributed by atoms with Crippen LogP contribution in [0.25, 0.3) is 0 Å². The molecule has 0 aliphatic carbocycles. The smallest absolute Gasteiger partial charge is 0.0291 e. The van der Waals surface area contributed by atoms with Crippen molar-refractivity contribution in [2.24, 2.45) is 5.92 Å². The van der Waals surface area contributed by atoms with Gasteiger partial charge in [0, 0.05) is 21.8 Å². The zero-order valence-corrected chi connectivity index (χ0v) is 8.82. The van der Waals surface area contributed by atoms with Crippen molar-refractivity contribution in [2.45, 2.75) is 31.9 Å². The Morgan fingerprint density at radius 3 is 2.83 bits per heavy atom. The second-order valence-electron chi connectivity index (χ2n) is 3.81. The van der Waals surface area contributed by atoms with Crippen LogP contribution >= 0.6 is 0 Å². The lowest BCUT2D eigenvalue weighted by molar-refractivity contribution is 0.407. The minimum atomic E-state index is -0.609. The van der Waals surface area contributed by atoms with Gasteiger partial charge in [0.15, 0.2) is 0 Å². The van der Waals surface area contributed by atoms with E-state index in [1.165, 1.54) is 12.8 Å². The van der Waals surface area contributed by atoms with Crippen LogP contribution in [0.2, 0.25) is 0 Å². The highest BCUT2D eigenvalue weighted by molar-refractivity contribution is 7.85. The van der Waals surface area contributed by atoms with E-state index >= 15 is 0 Å². The second kappa shape index (κ2) is 4.97. The highest BCUT2D eigenvalue weighted by atomic mass is 32.2. The lowest BCUT2D eigenvalue weighted by Crippen LogP contribution is -2.33. The van der Waals surface area contributed by atoms with Crippen molar-refractivity contribution < 1.29 is 4.21 Å². The standard InChI is InChI=1S/C9H19NOS/c1-8(2)12(11)7-9-4-3-5-10-6-9/h8-10H,3-7H2,1-2H3. The molecular formula is C9H19NOS. The second-order valence-corrected chi connectivity index (χ2v) is 5.85. The first kappa shape index (κ1) is 10.2. The Bertz CT molecular complexity index is 153. The Hall–Kier alpha value is 0.110. The van der Waals surface area contributed by atoms with Crippen LogP contribution in [-0.4, -0.2) is 28.3 Å². The first-order chi connectivity index (χ1) is 5.70. The average Bonchev–Trinajstić information content (AvgIpc) is 2.06. The molecule has 0 radical (unpaired) electrons. The van der Waals surface area contributed by atoms with Crippen molar-refractivity contribution in [1.29, 1.82) is 0 Å². The van der Waals surface area contributed by atoms with Crippen molar-refractivity contribution >= 4 is 10.8 Å². The Balaban J connectivity index is 2.24. The number of nitrogens with one attached hydrogen (secondary N) is 1. The van der Waals surface area contributed by atoms with Gasteiger partial charge in [-0.3, -0.25) is 4.21 Å². The average molecular weight is 189 g/mol. The minimum Gasteiger partial charge on any atom is -0.316 e. The van der Waals surface area contributed by atoms with E-state index in [2.05, 4.69) is 5.32 Å². The van der Waals surface area contributed by atoms with E-state index in [0.29, 0.717) is 11.2 Å². The SMILES string of the molecule is CC(C)S(=O)CC1CCCNC1. The van der Waals surface area contributed by atoms with Crippen LogP contribution in [0.5, 0.6) is 0 Å². The Morgan fingerprint density at radius 1 is 1.58 bits per heavy atom. The maximum absolute atomic E-state index is 11.5. The summed E-state index contributed by atoms with van der Waals surface area (Å²) in [5.41, 5.74) is 0. The molecule has 0 aromatic heterocycles. The van der Waals surface area contributed by atoms with Gasteiger partial charge in [0.1, 0.15) is 0 Å². The molecule has 0 saturated carbocycles. The van der Waals surface area contributed by atoms with Crippen molar-refractivity contribution in [3.8, 4) is 0 Å². The molecule has 12 heavy (non-hydrogen) atoms. The van der Waals surface area contributed by atoms with E-state index in [1.54, 1.807) is 0 Å². The maximum atomic E-state index is 11.5. The fourth-order valence-corrected chi connectivity index (χ4v) is 2.63. The van der Waals surface area contributed by atoms with Gasteiger partial charge in [0.05, 0.1) is 0 Å². The molecule has 0 aromatic rings. The molecule has 1 N–H and O–H groups in total. The maximum Gasteiger partial charge on any atom is 0.0291 e. The highest BCUT2D eigenvalue weighted by Gasteiger charge is 2.16. The Kier molecular flexibility index (Phi) is 4.22. The van der Waals surface area contributed by atoms with E-state index in [1.807, 2.05) is 13.8 Å². The van der Waals surface area contributed by atoms with Gasteiger partial charge in [-0.2, -0.15) is 0 Å². The van der Waals surface area contributed by atoms with Gasteiger partial charge in [-0.1, -0.05) is 13.8 Å². The van der Waals surface area contributed by atoms with Crippen molar-refractivity contribution in [1.82, 2.24) is 5.32 Å². The number of piperidine rings is 1. The number of hydrogen-bond acceptors (Lipinski definition) is 2. The largest absolute Gasteiger partial charge is 0.316 e. The summed E-state index contributed by atoms with van der Waals surface area (Å²) in [6, 6.07) is 0. The third-order valence-electron chi connectivity index (χ3n) is 2.32. The monoisotopic (exact) mass is 189 g/mol. The summed E-state index contributed by atoms with van der Waals surface area (Å²) in [5, 5.41) is 3.67. The van der Waals surface area contributed by atoms with Gasteiger partial charge >= 0.3 is 0 Å². The van der Waals surface area contributed by atoms with Gasteiger partial charge in [-0.15, -0.1) is 0 Å². The van der Waals surface area contributed by atoms with Gasteiger partial charge in [0.2, 0.25) is 0 Å². The minimum absolute atomic E-state index is 0.326. The summed E-state index contributed by atoms with van der Waals surface area (Å²) in [5.74, 6) is 1.55. The molecule has 1 aliphatic heterocycles. The molecule has 0 amide bonds. The molecule has 1 rings (SSSR count). The predicted molar refractivity (Wildman–Crippen MR) is 53.7 cm³/mol. The van der Waals surface area contributed by atoms with Crippen LogP contribution in [0, 0.1) is 5.92 Å². The lowest BCUT2D eigenvalue weighted by atomic mass is 10.0. The quantitative estimate of drug-likeness (QED) is 0.721. The van der Waals surface area contributed by atoms with Gasteiger partial charge in [0.25, 0.3) is 0 Å². The molecule has 1 fully saturated rings. The fraction of sp³-hybridized carbons (Fsp3) is 1.00. The summed E-state index contributed by atoms with van der Waals surface area (Å²) in [4.78, 5) is 0. The first-order valence-corrected chi connectivity index (χ1v) is 6.16. The predicted octanol–water partition coefficient (Wildman–Crippen LogP) is 1.14. The fourth-order valence-electron chi connectivity index (χ4n) is 1.49. The summed E-state index contributed by atoms with van der Waals surface area (Å²) >= 11 is 0. The van der Waals surface area contributed by atoms with Gasteiger partial charge in [-0.05, 0) is 31.8 Å². The molecule has 2 nitrogen and oxygen atoms in total. The molecule has 1 heterocycles. The molecule has 2 atom stereocenters. The van der Waals surface area contributed by atoms with Crippen molar-refractivity contribution in [3.05, 3.63) is 0 Å². The molecule has 0 bridgehead atoms. The zero-order chi connectivity index (χ0) is 8.97. The summed E-state index contributed by atoms with van der Waals surface area (Å²) in [6.07, 6.45) is 2.51. The van der Waals surface area contributed by atoms with Gasteiger partial charge < -0.3 is 5.32 Å². The number of rotatable bonds is 3. The van der Waals surface area contributed by atoms with E-state index in [0.717, 1.165) is 18.8 Å². The molecule has 0 aromatic carbocycles. The van der Waals surface area contributed by atoms with E-state index < -0.39 is 10.8 Å². The summed E-state index contributed by atoms with van der Waals surface area (Å²) < 4.78 is 11.5. The Morgan fingerprint density at radius 2 is 2.33 bits per heavy atom. The molecular weight excluding hydrogens is 170 g/mol. The Labute approximate surface area is 77.6 Å². The number of hydrogen-bond donors (Lipinski definition) is 1. The molecule has 3 heteroatoms. The lowest BCUT2D eigenvalue weighted by Gasteiger charge is -2.22. The van der Waals surface area contributed by atoms with Crippen molar-refractivity contribution in [3.63, 3.8) is 0 Å². The first-order valence-electron chi connectivity index (χ1n) is 4.78. The van der Waals surface area contributed by atoms with E-state index in [9.17, 15) is 4.21 Å². The van der Waals surface area contributed by atoms with E-state index in [4.69, 9.17) is 0 Å². The van der Waals surface area contributed by atoms with Crippen LogP contribution < -0.4 is 5.32 Å². The van der Waals surface area contributed by atoms with Crippen LogP contribution in [0.15, 0.2) is 0 Å². The van der Waals surface area contributed by atoms with Crippen LogP contribution in [-0.2, 0) is 10.8 Å². The third kappa shape index (κ3) is 3.23. The third-order valence-corrected chi connectivity index (χ3v) is 4.18. The topological polar surface area (TPSA) is 29.1 Å². The molecule has 1 saturated heterocycles. The molecule has 72 valence electrons. The van der Waals surface area contributed by atoms with Crippen LogP contribution in [0.1, 0.15) is 26.7 Å².